The molecule has 21 heavy (non-hydrogen) atoms. The lowest BCUT2D eigenvalue weighted by Gasteiger charge is -2.27. The van der Waals surface area contributed by atoms with Crippen LogP contribution in [0.1, 0.15) is 20.8 Å². The number of pyridine rings is 1. The van der Waals surface area contributed by atoms with Gasteiger partial charge < -0.3 is 15.2 Å². The van der Waals surface area contributed by atoms with Crippen molar-refractivity contribution in [1.82, 2.24) is 9.71 Å². The van der Waals surface area contributed by atoms with E-state index in [1.807, 2.05) is 0 Å². The van der Waals surface area contributed by atoms with E-state index in [-0.39, 0.29) is 4.90 Å². The van der Waals surface area contributed by atoms with Gasteiger partial charge in [0, 0.05) is 6.07 Å². The van der Waals surface area contributed by atoms with Crippen molar-refractivity contribution in [2.75, 3.05) is 0 Å². The third-order valence-electron chi connectivity index (χ3n) is 2.60. The van der Waals surface area contributed by atoms with Crippen LogP contribution in [-0.4, -0.2) is 35.4 Å². The normalized spacial score (nSPS) is 13.7. The van der Waals surface area contributed by atoms with Gasteiger partial charge in [0.2, 0.25) is 10.0 Å². The molecule has 116 valence electrons. The number of hydrogen-bond donors (Lipinski definition) is 2. The molecule has 0 unspecified atom stereocenters. The van der Waals surface area contributed by atoms with Crippen LogP contribution in [0.15, 0.2) is 23.2 Å². The summed E-state index contributed by atoms with van der Waals surface area (Å²) in [6, 6.07) is 0.578. The number of nitrogens with one attached hydrogen (secondary N) is 1. The second-order valence-electron chi connectivity index (χ2n) is 5.37. The number of carbonyl (C=O) groups is 1. The number of carboxylic acid groups (broad SMARTS) is 1. The molecule has 0 spiro atoms. The third kappa shape index (κ3) is 4.20. The van der Waals surface area contributed by atoms with Crippen LogP contribution in [0.3, 0.4) is 0 Å². The quantitative estimate of drug-likeness (QED) is 0.603. The van der Waals surface area contributed by atoms with Crippen molar-refractivity contribution in [2.24, 2.45) is 5.41 Å². The summed E-state index contributed by atoms with van der Waals surface area (Å²) in [5.74, 6) is -1.82. The molecule has 0 saturated carbocycles. The number of nitro groups is 1. The highest BCUT2D eigenvalue weighted by atomic mass is 32.2. The first-order chi connectivity index (χ1) is 9.45. The standard InChI is InChI=1S/C11H15N3O6S/c1-11(2,3)9(10(15)16)13-21(19,20)7-4-5-8(12-6-7)14(17)18/h4-6,9,13H,1-3H3,(H,15,16)/t9-/m1/s1. The second-order valence-corrected chi connectivity index (χ2v) is 7.08. The van der Waals surface area contributed by atoms with Crippen LogP contribution in [0.4, 0.5) is 5.82 Å². The summed E-state index contributed by atoms with van der Waals surface area (Å²) in [7, 11) is -4.15. The van der Waals surface area contributed by atoms with Crippen LogP contribution in [0.25, 0.3) is 0 Å². The monoisotopic (exact) mass is 317 g/mol. The fourth-order valence-corrected chi connectivity index (χ4v) is 2.80. The maximum Gasteiger partial charge on any atom is 0.363 e. The first-order valence-electron chi connectivity index (χ1n) is 5.81. The van der Waals surface area contributed by atoms with Gasteiger partial charge in [0.1, 0.15) is 10.9 Å². The minimum absolute atomic E-state index is 0.344. The Kier molecular flexibility index (Phi) is 4.64. The predicted octanol–water partition coefficient (Wildman–Crippen LogP) is 0.767. The van der Waals surface area contributed by atoms with Gasteiger partial charge in [-0.15, -0.1) is 0 Å². The molecular weight excluding hydrogens is 302 g/mol. The number of rotatable bonds is 5. The third-order valence-corrected chi connectivity index (χ3v) is 4.01. The number of aliphatic carboxylic acids is 1. The lowest BCUT2D eigenvalue weighted by Crippen LogP contribution is -2.48. The Morgan fingerprint density at radius 3 is 2.33 bits per heavy atom. The molecular formula is C11H15N3O6S. The fraction of sp³-hybridized carbons (Fsp3) is 0.455. The lowest BCUT2D eigenvalue weighted by atomic mass is 9.88. The first kappa shape index (κ1) is 17.0. The molecule has 1 rings (SSSR count). The zero-order valence-electron chi connectivity index (χ0n) is 11.6. The Morgan fingerprint density at radius 1 is 1.43 bits per heavy atom. The summed E-state index contributed by atoms with van der Waals surface area (Å²) in [4.78, 5) is 23.9. The summed E-state index contributed by atoms with van der Waals surface area (Å²) < 4.78 is 26.2. The minimum Gasteiger partial charge on any atom is -0.480 e. The summed E-state index contributed by atoms with van der Waals surface area (Å²) in [6.45, 7) is 4.72. The molecule has 1 atom stereocenters. The van der Waals surface area contributed by atoms with E-state index in [4.69, 9.17) is 5.11 Å². The zero-order valence-corrected chi connectivity index (χ0v) is 12.4. The van der Waals surface area contributed by atoms with Gasteiger partial charge in [-0.2, -0.15) is 4.72 Å². The van der Waals surface area contributed by atoms with Crippen LogP contribution in [0.2, 0.25) is 0 Å². The number of hydrogen-bond acceptors (Lipinski definition) is 6. The van der Waals surface area contributed by atoms with Crippen molar-refractivity contribution in [2.45, 2.75) is 31.7 Å². The van der Waals surface area contributed by atoms with Crippen LogP contribution in [0.5, 0.6) is 0 Å². The van der Waals surface area contributed by atoms with Crippen molar-refractivity contribution in [3.05, 3.63) is 28.4 Å². The van der Waals surface area contributed by atoms with Crippen LogP contribution in [-0.2, 0) is 14.8 Å². The van der Waals surface area contributed by atoms with Gasteiger partial charge in [-0.1, -0.05) is 20.8 Å². The predicted molar refractivity (Wildman–Crippen MR) is 72.1 cm³/mol. The minimum atomic E-state index is -4.15. The molecule has 9 nitrogen and oxygen atoms in total. The van der Waals surface area contributed by atoms with Gasteiger partial charge in [0.25, 0.3) is 0 Å². The molecule has 0 saturated heterocycles. The van der Waals surface area contributed by atoms with Gasteiger partial charge in [-0.25, -0.2) is 8.42 Å². The molecule has 1 aromatic rings. The summed E-state index contributed by atoms with van der Waals surface area (Å²) in [6.07, 6.45) is 0.808. The number of carboxylic acids is 1. The molecule has 2 N–H and O–H groups in total. The molecule has 0 aliphatic heterocycles. The lowest BCUT2D eigenvalue weighted by molar-refractivity contribution is -0.389. The van der Waals surface area contributed by atoms with Crippen LogP contribution >= 0.6 is 0 Å². The van der Waals surface area contributed by atoms with Gasteiger partial charge in [0.15, 0.2) is 6.20 Å². The number of aromatic nitrogens is 1. The Morgan fingerprint density at radius 2 is 2.00 bits per heavy atom. The van der Waals surface area contributed by atoms with Crippen molar-refractivity contribution in [1.29, 1.82) is 0 Å². The van der Waals surface area contributed by atoms with E-state index >= 15 is 0 Å². The maximum absolute atomic E-state index is 12.1. The average Bonchev–Trinajstić information content (AvgIpc) is 2.34. The highest BCUT2D eigenvalue weighted by Crippen LogP contribution is 2.22. The highest BCUT2D eigenvalue weighted by Gasteiger charge is 2.35. The summed E-state index contributed by atoms with van der Waals surface area (Å²) >= 11 is 0. The average molecular weight is 317 g/mol. The fourth-order valence-electron chi connectivity index (χ4n) is 1.46. The zero-order chi connectivity index (χ0) is 16.4. The topological polar surface area (TPSA) is 140 Å². The van der Waals surface area contributed by atoms with E-state index in [0.29, 0.717) is 0 Å². The van der Waals surface area contributed by atoms with Crippen LogP contribution < -0.4 is 4.72 Å². The van der Waals surface area contributed by atoms with E-state index in [9.17, 15) is 23.3 Å². The molecule has 1 heterocycles. The molecule has 0 fully saturated rings. The summed E-state index contributed by atoms with van der Waals surface area (Å²) in [5.41, 5.74) is -0.854. The Bertz CT molecular complexity index is 648. The van der Waals surface area contributed by atoms with E-state index in [1.54, 1.807) is 20.8 Å². The second kappa shape index (κ2) is 5.74. The van der Waals surface area contributed by atoms with Crippen molar-refractivity contribution in [3.63, 3.8) is 0 Å². The van der Waals surface area contributed by atoms with Crippen molar-refractivity contribution >= 4 is 21.8 Å². The van der Waals surface area contributed by atoms with Crippen molar-refractivity contribution in [3.8, 4) is 0 Å². The number of nitrogens with zero attached hydrogens (tertiary/aromatic N) is 2. The molecule has 0 radical (unpaired) electrons. The van der Waals surface area contributed by atoms with Crippen LogP contribution in [0, 0.1) is 15.5 Å². The van der Waals surface area contributed by atoms with Crippen molar-refractivity contribution < 1.29 is 23.2 Å². The Labute approximate surface area is 121 Å². The Hall–Kier alpha value is -2.07. The molecule has 0 bridgehead atoms. The molecule has 0 aromatic carbocycles. The highest BCUT2D eigenvalue weighted by molar-refractivity contribution is 7.89. The van der Waals surface area contributed by atoms with E-state index in [0.717, 1.165) is 18.3 Å². The van der Waals surface area contributed by atoms with E-state index < -0.39 is 38.2 Å². The number of sulfonamides is 1. The molecule has 10 heteroatoms. The maximum atomic E-state index is 12.1. The van der Waals surface area contributed by atoms with E-state index in [1.165, 1.54) is 0 Å². The van der Waals surface area contributed by atoms with Gasteiger partial charge in [-0.05, 0) is 21.4 Å². The van der Waals surface area contributed by atoms with E-state index in [2.05, 4.69) is 9.71 Å². The van der Waals surface area contributed by atoms with Gasteiger partial charge >= 0.3 is 11.8 Å². The Balaban J connectivity index is 3.11. The first-order valence-corrected chi connectivity index (χ1v) is 7.29. The largest absolute Gasteiger partial charge is 0.480 e. The molecule has 0 amide bonds. The molecule has 0 aliphatic rings. The smallest absolute Gasteiger partial charge is 0.363 e. The summed E-state index contributed by atoms with van der Waals surface area (Å²) in [5, 5.41) is 19.6. The molecule has 0 aliphatic carbocycles. The van der Waals surface area contributed by atoms with Gasteiger partial charge in [0.05, 0.1) is 0 Å². The molecule has 1 aromatic heterocycles. The SMILES string of the molecule is CC(C)(C)[C@H](NS(=O)(=O)c1ccc([N+](=O)[O-])nc1)C(=O)O. The van der Waals surface area contributed by atoms with Gasteiger partial charge in [-0.3, -0.25) is 4.79 Å².